The van der Waals surface area contributed by atoms with Gasteiger partial charge >= 0.3 is 0 Å². The van der Waals surface area contributed by atoms with E-state index in [1.165, 1.54) is 0 Å². The summed E-state index contributed by atoms with van der Waals surface area (Å²) >= 11 is 0. The van der Waals surface area contributed by atoms with Gasteiger partial charge in [-0.25, -0.2) is 4.98 Å². The van der Waals surface area contributed by atoms with E-state index in [1.54, 1.807) is 16.7 Å². The predicted molar refractivity (Wildman–Crippen MR) is 118 cm³/mol. The average Bonchev–Trinajstić information content (AvgIpc) is 2.77. The van der Waals surface area contributed by atoms with Crippen molar-refractivity contribution in [1.82, 2.24) is 9.55 Å². The van der Waals surface area contributed by atoms with Crippen LogP contribution in [0.2, 0.25) is 0 Å². The highest BCUT2D eigenvalue weighted by Gasteiger charge is 2.10. The van der Waals surface area contributed by atoms with E-state index in [-0.39, 0.29) is 5.56 Å². The molecule has 0 N–H and O–H groups in total. The van der Waals surface area contributed by atoms with Crippen LogP contribution in [0.5, 0.6) is 5.75 Å². The van der Waals surface area contributed by atoms with E-state index in [4.69, 9.17) is 9.72 Å². The summed E-state index contributed by atoms with van der Waals surface area (Å²) in [6, 6.07) is 24.7. The van der Waals surface area contributed by atoms with Crippen molar-refractivity contribution in [2.24, 2.45) is 0 Å². The Morgan fingerprint density at radius 1 is 0.897 bits per heavy atom. The zero-order valence-electron chi connectivity index (χ0n) is 15.9. The molecule has 4 rings (SSSR count). The third kappa shape index (κ3) is 4.01. The van der Waals surface area contributed by atoms with Crippen molar-refractivity contribution < 1.29 is 4.74 Å². The van der Waals surface area contributed by atoms with Crippen LogP contribution in [-0.2, 0) is 0 Å². The fraction of sp³-hybridized carbons (Fsp3) is 0.0400. The highest BCUT2D eigenvalue weighted by Crippen LogP contribution is 2.17. The maximum Gasteiger partial charge on any atom is 0.266 e. The Balaban J connectivity index is 1.77. The second-order valence-corrected chi connectivity index (χ2v) is 6.47. The van der Waals surface area contributed by atoms with E-state index >= 15 is 0 Å². The molecule has 0 fully saturated rings. The van der Waals surface area contributed by atoms with Crippen LogP contribution < -0.4 is 10.3 Å². The number of aromatic nitrogens is 2. The maximum atomic E-state index is 13.2. The lowest BCUT2D eigenvalue weighted by molar-refractivity contribution is 0.363. The van der Waals surface area contributed by atoms with Crippen molar-refractivity contribution in [2.45, 2.75) is 0 Å². The Kier molecular flexibility index (Phi) is 5.34. The standard InChI is InChI=1S/C25H20N2O2/c1-2-18-29-21-15-12-19(13-16-21)14-17-24-26-23-11-7-6-10-22(23)25(28)27(24)20-8-4-3-5-9-20/h2-17H,1,18H2/b17-14+. The van der Waals surface area contributed by atoms with Crippen LogP contribution in [0.1, 0.15) is 11.4 Å². The summed E-state index contributed by atoms with van der Waals surface area (Å²) in [4.78, 5) is 17.9. The number of rotatable bonds is 6. The molecule has 142 valence electrons. The van der Waals surface area contributed by atoms with Crippen LogP contribution in [0.4, 0.5) is 0 Å². The van der Waals surface area contributed by atoms with Crippen molar-refractivity contribution in [3.05, 3.63) is 113 Å². The number of para-hydroxylation sites is 2. The zero-order chi connectivity index (χ0) is 20.1. The number of hydrogen-bond donors (Lipinski definition) is 0. The topological polar surface area (TPSA) is 44.1 Å². The molecule has 4 nitrogen and oxygen atoms in total. The molecule has 3 aromatic carbocycles. The van der Waals surface area contributed by atoms with Crippen LogP contribution >= 0.6 is 0 Å². The molecule has 0 saturated heterocycles. The molecule has 0 amide bonds. The van der Waals surface area contributed by atoms with Crippen LogP contribution in [0, 0.1) is 0 Å². The van der Waals surface area contributed by atoms with Gasteiger partial charge in [-0.3, -0.25) is 9.36 Å². The molecule has 4 heteroatoms. The lowest BCUT2D eigenvalue weighted by Gasteiger charge is -2.11. The molecule has 0 saturated carbocycles. The highest BCUT2D eigenvalue weighted by atomic mass is 16.5. The molecule has 4 aromatic rings. The predicted octanol–water partition coefficient (Wildman–Crippen LogP) is 5.12. The molecule has 1 heterocycles. The van der Waals surface area contributed by atoms with Crippen LogP contribution in [0.3, 0.4) is 0 Å². The third-order valence-corrected chi connectivity index (χ3v) is 4.49. The van der Waals surface area contributed by atoms with Gasteiger partial charge in [-0.15, -0.1) is 0 Å². The van der Waals surface area contributed by atoms with Gasteiger partial charge in [-0.2, -0.15) is 0 Å². The fourth-order valence-corrected chi connectivity index (χ4v) is 3.09. The first kappa shape index (κ1) is 18.4. The quantitative estimate of drug-likeness (QED) is 0.436. The van der Waals surface area contributed by atoms with Gasteiger partial charge in [0, 0.05) is 0 Å². The summed E-state index contributed by atoms with van der Waals surface area (Å²) in [5.74, 6) is 1.36. The lowest BCUT2D eigenvalue weighted by atomic mass is 10.2. The average molecular weight is 380 g/mol. The number of fused-ring (bicyclic) bond motifs is 1. The minimum absolute atomic E-state index is 0.0883. The first-order chi connectivity index (χ1) is 14.3. The maximum absolute atomic E-state index is 13.2. The van der Waals surface area contributed by atoms with E-state index in [0.717, 1.165) is 17.0 Å². The summed E-state index contributed by atoms with van der Waals surface area (Å²) < 4.78 is 7.15. The number of benzene rings is 3. The van der Waals surface area contributed by atoms with Gasteiger partial charge in [-0.1, -0.05) is 61.2 Å². The number of hydrogen-bond acceptors (Lipinski definition) is 3. The highest BCUT2D eigenvalue weighted by molar-refractivity contribution is 5.80. The summed E-state index contributed by atoms with van der Waals surface area (Å²) in [6.07, 6.45) is 5.51. The summed E-state index contributed by atoms with van der Waals surface area (Å²) in [5, 5.41) is 0.595. The van der Waals surface area contributed by atoms with E-state index in [9.17, 15) is 4.79 Å². The Bertz CT molecular complexity index is 1220. The van der Waals surface area contributed by atoms with E-state index in [2.05, 4.69) is 6.58 Å². The van der Waals surface area contributed by atoms with Crippen molar-refractivity contribution in [3.63, 3.8) is 0 Å². The van der Waals surface area contributed by atoms with Crippen molar-refractivity contribution in [1.29, 1.82) is 0 Å². The van der Waals surface area contributed by atoms with Crippen molar-refractivity contribution >= 4 is 23.1 Å². The number of nitrogens with zero attached hydrogens (tertiary/aromatic N) is 2. The van der Waals surface area contributed by atoms with E-state index < -0.39 is 0 Å². The first-order valence-corrected chi connectivity index (χ1v) is 9.35. The molecule has 0 aliphatic carbocycles. The van der Waals surface area contributed by atoms with Crippen LogP contribution in [0.15, 0.2) is 96.3 Å². The zero-order valence-corrected chi connectivity index (χ0v) is 15.9. The third-order valence-electron chi connectivity index (χ3n) is 4.49. The van der Waals surface area contributed by atoms with Gasteiger partial charge in [0.25, 0.3) is 5.56 Å². The Morgan fingerprint density at radius 3 is 2.38 bits per heavy atom. The second kappa shape index (κ2) is 8.40. The van der Waals surface area contributed by atoms with Gasteiger partial charge < -0.3 is 4.74 Å². The van der Waals surface area contributed by atoms with E-state index in [1.807, 2.05) is 84.9 Å². The monoisotopic (exact) mass is 380 g/mol. The van der Waals surface area contributed by atoms with Crippen molar-refractivity contribution in [3.8, 4) is 11.4 Å². The molecule has 0 atom stereocenters. The molecule has 0 aliphatic rings. The van der Waals surface area contributed by atoms with E-state index in [0.29, 0.717) is 23.3 Å². The summed E-state index contributed by atoms with van der Waals surface area (Å²) in [7, 11) is 0. The van der Waals surface area contributed by atoms with Gasteiger partial charge in [0.05, 0.1) is 16.6 Å². The first-order valence-electron chi connectivity index (χ1n) is 9.35. The SMILES string of the molecule is C=CCOc1ccc(/C=C/c2nc3ccccc3c(=O)n2-c2ccccc2)cc1. The Labute approximate surface area is 169 Å². The molecule has 29 heavy (non-hydrogen) atoms. The second-order valence-electron chi connectivity index (χ2n) is 6.47. The Hall–Kier alpha value is -3.92. The summed E-state index contributed by atoms with van der Waals surface area (Å²) in [5.41, 5.74) is 2.36. The number of ether oxygens (including phenoxy) is 1. The van der Waals surface area contributed by atoms with Crippen LogP contribution in [0.25, 0.3) is 28.7 Å². The van der Waals surface area contributed by atoms with Crippen LogP contribution in [-0.4, -0.2) is 16.2 Å². The Morgan fingerprint density at radius 2 is 1.62 bits per heavy atom. The van der Waals surface area contributed by atoms with Gasteiger partial charge in [0.15, 0.2) is 0 Å². The molecule has 0 aliphatic heterocycles. The largest absolute Gasteiger partial charge is 0.490 e. The van der Waals surface area contributed by atoms with Gasteiger partial charge in [0.2, 0.25) is 0 Å². The molecule has 0 bridgehead atoms. The summed E-state index contributed by atoms with van der Waals surface area (Å²) in [6.45, 7) is 4.12. The smallest absolute Gasteiger partial charge is 0.266 e. The minimum atomic E-state index is -0.0883. The normalized spacial score (nSPS) is 11.0. The van der Waals surface area contributed by atoms with Crippen molar-refractivity contribution in [2.75, 3.05) is 6.61 Å². The fourth-order valence-electron chi connectivity index (χ4n) is 3.09. The molecule has 1 aromatic heterocycles. The minimum Gasteiger partial charge on any atom is -0.490 e. The molecule has 0 spiro atoms. The van der Waals surface area contributed by atoms with Gasteiger partial charge in [-0.05, 0) is 48.0 Å². The van der Waals surface area contributed by atoms with Gasteiger partial charge in [0.1, 0.15) is 18.2 Å². The molecular weight excluding hydrogens is 360 g/mol. The lowest BCUT2D eigenvalue weighted by Crippen LogP contribution is -2.22. The molecule has 0 unspecified atom stereocenters. The molecule has 0 radical (unpaired) electrons. The molecular formula is C25H20N2O2.